The summed E-state index contributed by atoms with van der Waals surface area (Å²) in [4.78, 5) is 24.8. The van der Waals surface area contributed by atoms with Crippen molar-refractivity contribution in [2.24, 2.45) is 28.6 Å². The van der Waals surface area contributed by atoms with Crippen LogP contribution in [0.15, 0.2) is 11.6 Å². The summed E-state index contributed by atoms with van der Waals surface area (Å²) in [7, 11) is 0. The number of fused-ring (bicyclic) bond motifs is 5. The fourth-order valence-corrected chi connectivity index (χ4v) is 9.82. The number of aliphatic hydroxyl groups is 6. The topological polar surface area (TPSA) is 183 Å². The molecule has 224 valence electrons. The molecule has 2 aliphatic heterocycles. The molecule has 0 radical (unpaired) electrons. The monoisotopic (exact) mass is 566 g/mol. The van der Waals surface area contributed by atoms with E-state index in [0.29, 0.717) is 25.7 Å². The number of esters is 1. The maximum absolute atomic E-state index is 13.0. The number of hydrogen-bond donors (Lipinski definition) is 6. The van der Waals surface area contributed by atoms with Crippen LogP contribution < -0.4 is 0 Å². The highest BCUT2D eigenvalue weighted by Gasteiger charge is 2.73. The minimum Gasteiger partial charge on any atom is -0.458 e. The van der Waals surface area contributed by atoms with Crippen LogP contribution in [0.3, 0.4) is 0 Å². The van der Waals surface area contributed by atoms with Gasteiger partial charge in [-0.25, -0.2) is 4.79 Å². The Hall–Kier alpha value is -1.44. The summed E-state index contributed by atoms with van der Waals surface area (Å²) < 4.78 is 16.8. The van der Waals surface area contributed by atoms with E-state index in [0.717, 1.165) is 11.9 Å². The van der Waals surface area contributed by atoms with Crippen molar-refractivity contribution >= 4 is 12.3 Å². The van der Waals surface area contributed by atoms with E-state index in [1.54, 1.807) is 6.92 Å². The van der Waals surface area contributed by atoms with E-state index < -0.39 is 82.8 Å². The van der Waals surface area contributed by atoms with E-state index in [9.17, 15) is 40.2 Å². The zero-order chi connectivity index (χ0) is 28.8. The third-order valence-corrected chi connectivity index (χ3v) is 11.9. The fourth-order valence-electron chi connectivity index (χ4n) is 9.82. The maximum atomic E-state index is 13.0. The summed E-state index contributed by atoms with van der Waals surface area (Å²) >= 11 is 0. The van der Waals surface area contributed by atoms with E-state index in [1.807, 2.05) is 6.92 Å². The Morgan fingerprint density at radius 2 is 1.75 bits per heavy atom. The number of hydrogen-bond acceptors (Lipinski definition) is 11. The van der Waals surface area contributed by atoms with E-state index in [1.165, 1.54) is 6.08 Å². The molecule has 0 spiro atoms. The maximum Gasteiger partial charge on any atom is 0.331 e. The molecule has 6 rings (SSSR count). The van der Waals surface area contributed by atoms with Crippen molar-refractivity contribution < 1.29 is 54.4 Å². The summed E-state index contributed by atoms with van der Waals surface area (Å²) in [6.45, 7) is 3.72. The third-order valence-electron chi connectivity index (χ3n) is 11.9. The van der Waals surface area contributed by atoms with E-state index in [-0.39, 0.29) is 38.2 Å². The molecule has 0 aromatic heterocycles. The molecule has 6 N–H and O–H groups in total. The molecule has 0 unspecified atom stereocenters. The molecule has 11 nitrogen and oxygen atoms in total. The SMILES string of the molecule is C[C@@H]1O[C@H](O[C@@H]2CC[C@]3(C=O)[C@H]4[C@H](O)C[C@]5(C)[C@H](C6=CC(=O)OC6)CC[C@@]5(O)[C@H]4CC[C@]3(O)C2)[C@H](O)[C@H](O)[C@@H]1O. The van der Waals surface area contributed by atoms with Gasteiger partial charge in [-0.1, -0.05) is 6.92 Å². The van der Waals surface area contributed by atoms with Crippen molar-refractivity contribution in [2.75, 3.05) is 6.61 Å². The number of cyclic esters (lactones) is 1. The van der Waals surface area contributed by atoms with Gasteiger partial charge in [0.15, 0.2) is 6.29 Å². The first kappa shape index (κ1) is 28.7. The van der Waals surface area contributed by atoms with Gasteiger partial charge in [-0.15, -0.1) is 0 Å². The average molecular weight is 567 g/mol. The number of ether oxygens (including phenoxy) is 3. The molecule has 40 heavy (non-hydrogen) atoms. The van der Waals surface area contributed by atoms with Gasteiger partial charge in [0.1, 0.15) is 31.2 Å². The molecule has 2 heterocycles. The van der Waals surface area contributed by atoms with Gasteiger partial charge >= 0.3 is 5.97 Å². The lowest BCUT2D eigenvalue weighted by Gasteiger charge is -2.66. The van der Waals surface area contributed by atoms with Gasteiger partial charge in [0, 0.05) is 23.8 Å². The summed E-state index contributed by atoms with van der Waals surface area (Å²) in [6.07, 6.45) is -2.87. The zero-order valence-electron chi connectivity index (χ0n) is 23.0. The second-order valence-electron chi connectivity index (χ2n) is 13.6. The first-order chi connectivity index (χ1) is 18.8. The molecule has 0 bridgehead atoms. The first-order valence-corrected chi connectivity index (χ1v) is 14.6. The van der Waals surface area contributed by atoms with Crippen LogP contribution in [0.2, 0.25) is 0 Å². The molecule has 5 fully saturated rings. The van der Waals surface area contributed by atoms with Gasteiger partial charge in [-0.05, 0) is 69.3 Å². The number of carbonyl (C=O) groups excluding carboxylic acids is 2. The van der Waals surface area contributed by atoms with Crippen molar-refractivity contribution in [1.82, 2.24) is 0 Å². The molecule has 11 heteroatoms. The molecule has 1 saturated heterocycles. The Morgan fingerprint density at radius 3 is 2.42 bits per heavy atom. The Morgan fingerprint density at radius 1 is 1.00 bits per heavy atom. The first-order valence-electron chi connectivity index (χ1n) is 14.6. The van der Waals surface area contributed by atoms with Crippen LogP contribution in [0.5, 0.6) is 0 Å². The zero-order valence-corrected chi connectivity index (χ0v) is 23.0. The highest BCUT2D eigenvalue weighted by molar-refractivity contribution is 5.85. The van der Waals surface area contributed by atoms with Crippen LogP contribution in [0.1, 0.15) is 65.2 Å². The molecule has 0 aromatic carbocycles. The number of carbonyl (C=O) groups is 2. The lowest BCUT2D eigenvalue weighted by atomic mass is 9.41. The second kappa shape index (κ2) is 9.54. The lowest BCUT2D eigenvalue weighted by molar-refractivity contribution is -0.320. The fraction of sp³-hybridized carbons (Fsp3) is 0.862. The largest absolute Gasteiger partial charge is 0.458 e. The smallest absolute Gasteiger partial charge is 0.331 e. The van der Waals surface area contributed by atoms with Crippen molar-refractivity contribution in [2.45, 2.75) is 119 Å². The van der Waals surface area contributed by atoms with Gasteiger partial charge < -0.3 is 49.6 Å². The van der Waals surface area contributed by atoms with E-state index in [4.69, 9.17) is 14.2 Å². The molecule has 4 aliphatic carbocycles. The van der Waals surface area contributed by atoms with Crippen molar-refractivity contribution in [3.8, 4) is 0 Å². The predicted molar refractivity (Wildman–Crippen MR) is 136 cm³/mol. The molecule has 0 amide bonds. The third kappa shape index (κ3) is 3.78. The molecule has 14 atom stereocenters. The summed E-state index contributed by atoms with van der Waals surface area (Å²) in [5.74, 6) is -1.61. The highest BCUT2D eigenvalue weighted by Crippen LogP contribution is 2.70. The highest BCUT2D eigenvalue weighted by atomic mass is 16.7. The van der Waals surface area contributed by atoms with Crippen LogP contribution in [-0.2, 0) is 23.8 Å². The second-order valence-corrected chi connectivity index (χ2v) is 13.6. The molecular weight excluding hydrogens is 524 g/mol. The van der Waals surface area contributed by atoms with Crippen LogP contribution >= 0.6 is 0 Å². The number of aldehydes is 1. The van der Waals surface area contributed by atoms with Crippen molar-refractivity contribution in [3.63, 3.8) is 0 Å². The lowest BCUT2D eigenvalue weighted by Crippen LogP contribution is -2.72. The van der Waals surface area contributed by atoms with Gasteiger partial charge in [-0.3, -0.25) is 0 Å². The summed E-state index contributed by atoms with van der Waals surface area (Å²) in [5.41, 5.74) is -3.89. The van der Waals surface area contributed by atoms with E-state index >= 15 is 0 Å². The Kier molecular flexibility index (Phi) is 6.83. The van der Waals surface area contributed by atoms with Gasteiger partial charge in [-0.2, -0.15) is 0 Å². The molecular formula is C29H42O11. The number of rotatable bonds is 4. The number of aliphatic hydroxyl groups excluding tert-OH is 4. The Bertz CT molecular complexity index is 1080. The predicted octanol–water partition coefficient (Wildman–Crippen LogP) is -0.279. The normalized spacial score (nSPS) is 56.0. The van der Waals surface area contributed by atoms with Crippen molar-refractivity contribution in [3.05, 3.63) is 11.6 Å². The van der Waals surface area contributed by atoms with Gasteiger partial charge in [0.25, 0.3) is 0 Å². The minimum absolute atomic E-state index is 0.0615. The molecule has 4 saturated carbocycles. The van der Waals surface area contributed by atoms with E-state index in [2.05, 4.69) is 0 Å². The summed E-state index contributed by atoms with van der Waals surface area (Å²) in [6, 6.07) is 0. The van der Waals surface area contributed by atoms with Crippen molar-refractivity contribution in [1.29, 1.82) is 0 Å². The standard InChI is InChI=1S/C29H42O11/c1-14-22(33)23(34)24(35)25(39-14)40-16-3-6-27(13-30)21-18(4-7-28(27,36)10-16)29(37)8-5-17(15-9-20(32)38-12-15)26(29,2)11-19(21)31/h9,13-14,16-19,21-25,31,33-37H,3-8,10-12H2,1-2H3/t14-,16+,17-,18-,19+,21+,22+,23+,24+,25+,26+,27-,28-,29+/m0/s1. The van der Waals surface area contributed by atoms with Gasteiger partial charge in [0.05, 0.1) is 34.9 Å². The average Bonchev–Trinajstić information content (AvgIpc) is 3.45. The minimum atomic E-state index is -1.51. The van der Waals surface area contributed by atoms with Crippen LogP contribution in [0.25, 0.3) is 0 Å². The van der Waals surface area contributed by atoms with Crippen LogP contribution in [0.4, 0.5) is 0 Å². The summed E-state index contributed by atoms with van der Waals surface area (Å²) in [5, 5.41) is 66.7. The van der Waals surface area contributed by atoms with Gasteiger partial charge in [0.2, 0.25) is 0 Å². The Labute approximate surface area is 233 Å². The van der Waals surface area contributed by atoms with Crippen LogP contribution in [-0.4, -0.2) is 104 Å². The Balaban J connectivity index is 1.25. The quantitative estimate of drug-likeness (QED) is 0.149. The van der Waals surface area contributed by atoms with Crippen LogP contribution in [0, 0.1) is 28.6 Å². The molecule has 6 aliphatic rings. The molecule has 0 aromatic rings.